The fourth-order valence-corrected chi connectivity index (χ4v) is 4.76. The van der Waals surface area contributed by atoms with Crippen molar-refractivity contribution in [3.63, 3.8) is 0 Å². The second kappa shape index (κ2) is 10.9. The highest BCUT2D eigenvalue weighted by molar-refractivity contribution is 6.44. The van der Waals surface area contributed by atoms with Gasteiger partial charge in [-0.1, -0.05) is 78.5 Å². The van der Waals surface area contributed by atoms with E-state index in [2.05, 4.69) is 10.6 Å². The van der Waals surface area contributed by atoms with E-state index >= 15 is 0 Å². The lowest BCUT2D eigenvalue weighted by Crippen LogP contribution is -2.32. The van der Waals surface area contributed by atoms with Gasteiger partial charge in [0.2, 0.25) is 0 Å². The van der Waals surface area contributed by atoms with E-state index in [4.69, 9.17) is 23.2 Å². The third-order valence-corrected chi connectivity index (χ3v) is 7.08. The zero-order valence-corrected chi connectivity index (χ0v) is 20.3. The van der Waals surface area contributed by atoms with Crippen LogP contribution in [0.2, 0.25) is 10.0 Å². The fourth-order valence-electron chi connectivity index (χ4n) is 4.41. The number of urea groups is 1. The molecule has 180 valence electrons. The average molecular weight is 511 g/mol. The SMILES string of the molecule is O=C(Nc1ccc(-c2ccc(C(=O)C3CCCC[C@H]3C(=O)O)cc2)cc1)Nc1cccc(Cl)c1Cl. The summed E-state index contributed by atoms with van der Waals surface area (Å²) in [4.78, 5) is 36.8. The van der Waals surface area contributed by atoms with Crippen LogP contribution in [0.1, 0.15) is 36.0 Å². The van der Waals surface area contributed by atoms with Gasteiger partial charge in [0, 0.05) is 17.2 Å². The van der Waals surface area contributed by atoms with Crippen molar-refractivity contribution in [2.75, 3.05) is 10.6 Å². The first-order valence-corrected chi connectivity index (χ1v) is 12.1. The minimum Gasteiger partial charge on any atom is -0.481 e. The lowest BCUT2D eigenvalue weighted by molar-refractivity contribution is -0.144. The summed E-state index contributed by atoms with van der Waals surface area (Å²) in [6, 6.07) is 19.0. The molecule has 0 bridgehead atoms. The molecule has 0 aromatic heterocycles. The quantitative estimate of drug-likeness (QED) is 0.301. The van der Waals surface area contributed by atoms with Crippen molar-refractivity contribution in [3.8, 4) is 11.1 Å². The van der Waals surface area contributed by atoms with Crippen LogP contribution >= 0.6 is 23.2 Å². The van der Waals surface area contributed by atoms with Crippen molar-refractivity contribution in [2.45, 2.75) is 25.7 Å². The van der Waals surface area contributed by atoms with Crippen molar-refractivity contribution in [1.29, 1.82) is 0 Å². The van der Waals surface area contributed by atoms with Gasteiger partial charge in [-0.25, -0.2) is 4.79 Å². The summed E-state index contributed by atoms with van der Waals surface area (Å²) < 4.78 is 0. The first-order chi connectivity index (χ1) is 16.8. The Kier molecular flexibility index (Phi) is 7.73. The molecule has 35 heavy (non-hydrogen) atoms. The predicted octanol–water partition coefficient (Wildman–Crippen LogP) is 7.38. The summed E-state index contributed by atoms with van der Waals surface area (Å²) in [5.41, 5.74) is 3.34. The average Bonchev–Trinajstić information content (AvgIpc) is 2.87. The third-order valence-electron chi connectivity index (χ3n) is 6.27. The smallest absolute Gasteiger partial charge is 0.323 e. The summed E-state index contributed by atoms with van der Waals surface area (Å²) in [5.74, 6) is -2.07. The number of nitrogens with one attached hydrogen (secondary N) is 2. The van der Waals surface area contributed by atoms with Gasteiger partial charge in [-0.05, 0) is 48.2 Å². The lowest BCUT2D eigenvalue weighted by atomic mass is 9.75. The van der Waals surface area contributed by atoms with Crippen molar-refractivity contribution in [3.05, 3.63) is 82.3 Å². The molecule has 1 unspecified atom stereocenters. The fraction of sp³-hybridized carbons (Fsp3) is 0.222. The Morgan fingerprint density at radius 3 is 2.00 bits per heavy atom. The van der Waals surface area contributed by atoms with Crippen LogP contribution in [-0.2, 0) is 4.79 Å². The zero-order chi connectivity index (χ0) is 24.9. The summed E-state index contributed by atoms with van der Waals surface area (Å²) in [6.45, 7) is 0. The molecule has 1 fully saturated rings. The number of hydrogen-bond acceptors (Lipinski definition) is 3. The van der Waals surface area contributed by atoms with E-state index in [0.29, 0.717) is 34.8 Å². The van der Waals surface area contributed by atoms with Crippen molar-refractivity contribution in [1.82, 2.24) is 0 Å². The number of halogens is 2. The molecule has 2 amide bonds. The second-order valence-corrected chi connectivity index (χ2v) is 9.32. The molecule has 1 aliphatic carbocycles. The largest absolute Gasteiger partial charge is 0.481 e. The Balaban J connectivity index is 1.40. The van der Waals surface area contributed by atoms with E-state index < -0.39 is 23.8 Å². The van der Waals surface area contributed by atoms with Crippen LogP contribution in [0.15, 0.2) is 66.7 Å². The maximum atomic E-state index is 13.0. The number of Topliss-reactive ketones (excluding diaryl/α,β-unsaturated/α-hetero) is 1. The van der Waals surface area contributed by atoms with Gasteiger partial charge in [0.05, 0.1) is 21.7 Å². The molecular weight excluding hydrogens is 487 g/mol. The van der Waals surface area contributed by atoms with E-state index in [-0.39, 0.29) is 10.8 Å². The highest BCUT2D eigenvalue weighted by Gasteiger charge is 2.35. The molecule has 2 atom stereocenters. The highest BCUT2D eigenvalue weighted by atomic mass is 35.5. The van der Waals surface area contributed by atoms with Crippen LogP contribution in [0, 0.1) is 11.8 Å². The number of carbonyl (C=O) groups is 3. The molecule has 3 N–H and O–H groups in total. The molecule has 1 saturated carbocycles. The summed E-state index contributed by atoms with van der Waals surface area (Å²) in [7, 11) is 0. The van der Waals surface area contributed by atoms with Crippen LogP contribution in [0.4, 0.5) is 16.2 Å². The molecule has 1 aliphatic rings. The number of carbonyl (C=O) groups excluding carboxylic acids is 2. The molecule has 6 nitrogen and oxygen atoms in total. The monoisotopic (exact) mass is 510 g/mol. The van der Waals surface area contributed by atoms with Gasteiger partial charge in [0.25, 0.3) is 0 Å². The Hall–Kier alpha value is -3.35. The number of anilines is 2. The summed E-state index contributed by atoms with van der Waals surface area (Å²) in [5, 5.41) is 15.5. The molecular formula is C27H24Cl2N2O4. The van der Waals surface area contributed by atoms with Gasteiger partial charge in [-0.15, -0.1) is 0 Å². The summed E-state index contributed by atoms with van der Waals surface area (Å²) >= 11 is 12.1. The molecule has 3 aromatic carbocycles. The van der Waals surface area contributed by atoms with Gasteiger partial charge in [-0.3, -0.25) is 9.59 Å². The molecule has 0 aliphatic heterocycles. The third kappa shape index (κ3) is 5.84. The maximum absolute atomic E-state index is 13.0. The Labute approximate surface area is 213 Å². The topological polar surface area (TPSA) is 95.5 Å². The minimum absolute atomic E-state index is 0.103. The molecule has 3 aromatic rings. The first-order valence-electron chi connectivity index (χ1n) is 11.3. The van der Waals surface area contributed by atoms with E-state index in [1.54, 1.807) is 42.5 Å². The molecule has 0 saturated heterocycles. The van der Waals surface area contributed by atoms with Gasteiger partial charge >= 0.3 is 12.0 Å². The number of ketones is 1. The van der Waals surface area contributed by atoms with Gasteiger partial charge in [-0.2, -0.15) is 0 Å². The van der Waals surface area contributed by atoms with Crippen LogP contribution in [0.25, 0.3) is 11.1 Å². The number of amides is 2. The lowest BCUT2D eigenvalue weighted by Gasteiger charge is -2.27. The molecule has 0 spiro atoms. The van der Waals surface area contributed by atoms with E-state index in [1.165, 1.54) is 0 Å². The predicted molar refractivity (Wildman–Crippen MR) is 138 cm³/mol. The summed E-state index contributed by atoms with van der Waals surface area (Å²) in [6.07, 6.45) is 2.89. The Morgan fingerprint density at radius 2 is 1.37 bits per heavy atom. The molecule has 0 heterocycles. The highest BCUT2D eigenvalue weighted by Crippen LogP contribution is 2.33. The van der Waals surface area contributed by atoms with Crippen LogP contribution < -0.4 is 10.6 Å². The number of hydrogen-bond donors (Lipinski definition) is 3. The van der Waals surface area contributed by atoms with E-state index in [9.17, 15) is 19.5 Å². The van der Waals surface area contributed by atoms with Crippen molar-refractivity contribution >= 4 is 52.4 Å². The maximum Gasteiger partial charge on any atom is 0.323 e. The van der Waals surface area contributed by atoms with E-state index in [1.807, 2.05) is 24.3 Å². The number of rotatable bonds is 6. The van der Waals surface area contributed by atoms with Gasteiger partial charge in [0.1, 0.15) is 0 Å². The van der Waals surface area contributed by atoms with Crippen LogP contribution in [-0.4, -0.2) is 22.9 Å². The normalized spacial score (nSPS) is 17.4. The minimum atomic E-state index is -0.891. The molecule has 4 rings (SSSR count). The first kappa shape index (κ1) is 24.8. The van der Waals surface area contributed by atoms with Crippen LogP contribution in [0.5, 0.6) is 0 Å². The standard InChI is InChI=1S/C27H24Cl2N2O4/c28-22-6-3-7-23(24(22)29)31-27(35)30-19-14-12-17(13-15-19)16-8-10-18(11-9-16)25(32)20-4-1-2-5-21(20)26(33)34/h3,6-15,20-21H,1-2,4-5H2,(H,33,34)(H2,30,31,35)/t20?,21-/m1/s1. The number of aliphatic carboxylic acids is 1. The Morgan fingerprint density at radius 1 is 0.771 bits per heavy atom. The number of benzene rings is 3. The van der Waals surface area contributed by atoms with Gasteiger partial charge in [0.15, 0.2) is 5.78 Å². The van der Waals surface area contributed by atoms with Crippen molar-refractivity contribution < 1.29 is 19.5 Å². The Bertz CT molecular complexity index is 1240. The van der Waals surface area contributed by atoms with E-state index in [0.717, 1.165) is 24.0 Å². The van der Waals surface area contributed by atoms with Gasteiger partial charge < -0.3 is 15.7 Å². The van der Waals surface area contributed by atoms with Crippen LogP contribution in [0.3, 0.4) is 0 Å². The molecule has 0 radical (unpaired) electrons. The molecule has 8 heteroatoms. The van der Waals surface area contributed by atoms with Crippen molar-refractivity contribution in [2.24, 2.45) is 11.8 Å². The number of carboxylic acids is 1. The zero-order valence-electron chi connectivity index (χ0n) is 18.8. The second-order valence-electron chi connectivity index (χ2n) is 8.54. The number of carboxylic acid groups (broad SMARTS) is 1.